The topological polar surface area (TPSA) is 87.1 Å². The van der Waals surface area contributed by atoms with Gasteiger partial charge >= 0.3 is 0 Å². The number of nitrogen functional groups attached to an aromatic ring is 1. The highest BCUT2D eigenvalue weighted by atomic mass is 32.1. The molecular weight excluding hydrogens is 264 g/mol. The molecule has 0 aliphatic carbocycles. The van der Waals surface area contributed by atoms with E-state index in [1.807, 2.05) is 5.38 Å². The van der Waals surface area contributed by atoms with E-state index >= 15 is 0 Å². The van der Waals surface area contributed by atoms with Gasteiger partial charge in [-0.1, -0.05) is 5.16 Å². The van der Waals surface area contributed by atoms with Crippen LogP contribution in [0.25, 0.3) is 23.0 Å². The number of hydrogen-bond donors (Lipinski definition) is 1. The molecule has 2 N–H and O–H groups in total. The van der Waals surface area contributed by atoms with Crippen LogP contribution in [0.5, 0.6) is 5.75 Å². The first-order valence-electron chi connectivity index (χ1n) is 5.44. The van der Waals surface area contributed by atoms with Crippen molar-refractivity contribution in [3.05, 3.63) is 29.1 Å². The Hall–Kier alpha value is -2.41. The molecule has 0 aliphatic rings. The van der Waals surface area contributed by atoms with Gasteiger partial charge in [-0.25, -0.2) is 4.98 Å². The van der Waals surface area contributed by atoms with E-state index in [9.17, 15) is 0 Å². The summed E-state index contributed by atoms with van der Waals surface area (Å²) in [5.41, 5.74) is 9.50. The molecule has 1 aromatic carbocycles. The van der Waals surface area contributed by atoms with E-state index in [0.29, 0.717) is 34.4 Å². The van der Waals surface area contributed by atoms with Crippen molar-refractivity contribution in [2.45, 2.75) is 0 Å². The zero-order chi connectivity index (χ0) is 13.2. The minimum atomic E-state index is 0.347. The number of methoxy groups -OCH3 is 1. The molecule has 0 fully saturated rings. The second kappa shape index (κ2) is 4.69. The minimum Gasteiger partial charge on any atom is -0.497 e. The highest BCUT2D eigenvalue weighted by molar-refractivity contribution is 7.07. The molecule has 3 aromatic rings. The molecule has 0 saturated heterocycles. The lowest BCUT2D eigenvalue weighted by Crippen LogP contribution is -1.92. The molecule has 0 saturated carbocycles. The van der Waals surface area contributed by atoms with Crippen molar-refractivity contribution in [2.24, 2.45) is 0 Å². The predicted octanol–water partition coefficient (Wildman–Crippen LogP) is 2.45. The van der Waals surface area contributed by atoms with Crippen molar-refractivity contribution >= 4 is 17.0 Å². The molecule has 2 aromatic heterocycles. The van der Waals surface area contributed by atoms with Crippen molar-refractivity contribution < 1.29 is 9.26 Å². The van der Waals surface area contributed by atoms with E-state index < -0.39 is 0 Å². The largest absolute Gasteiger partial charge is 0.497 e. The van der Waals surface area contributed by atoms with E-state index in [0.717, 1.165) is 0 Å². The van der Waals surface area contributed by atoms with Crippen LogP contribution in [0.3, 0.4) is 0 Å². The van der Waals surface area contributed by atoms with Gasteiger partial charge in [0, 0.05) is 11.1 Å². The van der Waals surface area contributed by atoms with Gasteiger partial charge in [0.15, 0.2) is 0 Å². The fourth-order valence-corrected chi connectivity index (χ4v) is 2.14. The number of nitrogens with two attached hydrogens (primary N) is 1. The summed E-state index contributed by atoms with van der Waals surface area (Å²) < 4.78 is 10.4. The fourth-order valence-electron chi connectivity index (χ4n) is 1.61. The SMILES string of the molecule is COc1ccc(N)c(-c2nc(-c3cscn3)no2)c1. The van der Waals surface area contributed by atoms with Crippen molar-refractivity contribution in [3.63, 3.8) is 0 Å². The first-order valence-corrected chi connectivity index (χ1v) is 6.38. The first-order chi connectivity index (χ1) is 9.28. The van der Waals surface area contributed by atoms with E-state index in [2.05, 4.69) is 15.1 Å². The fraction of sp³-hybridized carbons (Fsp3) is 0.0833. The molecule has 0 radical (unpaired) electrons. The normalized spacial score (nSPS) is 10.6. The van der Waals surface area contributed by atoms with Gasteiger partial charge in [-0.05, 0) is 18.2 Å². The summed E-state index contributed by atoms with van der Waals surface area (Å²) in [4.78, 5) is 8.42. The number of anilines is 1. The lowest BCUT2D eigenvalue weighted by molar-refractivity contribution is 0.413. The summed E-state index contributed by atoms with van der Waals surface area (Å²) in [6, 6.07) is 5.27. The van der Waals surface area contributed by atoms with Crippen LogP contribution in [0.2, 0.25) is 0 Å². The zero-order valence-electron chi connectivity index (χ0n) is 10.0. The standard InChI is InChI=1S/C12H10N4O2S/c1-17-7-2-3-9(13)8(4-7)12-15-11(16-18-12)10-5-19-6-14-10/h2-6H,13H2,1H3. The maximum atomic E-state index is 5.91. The van der Waals surface area contributed by atoms with Gasteiger partial charge in [-0.3, -0.25) is 0 Å². The third-order valence-electron chi connectivity index (χ3n) is 2.58. The Morgan fingerprint density at radius 3 is 3.00 bits per heavy atom. The van der Waals surface area contributed by atoms with Crippen molar-refractivity contribution in [1.29, 1.82) is 0 Å². The lowest BCUT2D eigenvalue weighted by Gasteiger charge is -2.03. The molecule has 0 spiro atoms. The second-order valence-electron chi connectivity index (χ2n) is 3.75. The Labute approximate surface area is 112 Å². The van der Waals surface area contributed by atoms with Gasteiger partial charge < -0.3 is 15.0 Å². The van der Waals surface area contributed by atoms with Gasteiger partial charge in [-0.2, -0.15) is 4.98 Å². The van der Waals surface area contributed by atoms with E-state index in [1.165, 1.54) is 11.3 Å². The summed E-state index contributed by atoms with van der Waals surface area (Å²) in [7, 11) is 1.59. The molecule has 0 bridgehead atoms. The molecule has 96 valence electrons. The van der Waals surface area contributed by atoms with Crippen LogP contribution < -0.4 is 10.5 Å². The number of benzene rings is 1. The van der Waals surface area contributed by atoms with Crippen molar-refractivity contribution in [1.82, 2.24) is 15.1 Å². The van der Waals surface area contributed by atoms with Crippen LogP contribution in [-0.2, 0) is 0 Å². The van der Waals surface area contributed by atoms with E-state index in [1.54, 1.807) is 30.8 Å². The third kappa shape index (κ3) is 2.15. The van der Waals surface area contributed by atoms with Crippen molar-refractivity contribution in [3.8, 4) is 28.7 Å². The van der Waals surface area contributed by atoms with Crippen LogP contribution >= 0.6 is 11.3 Å². The Kier molecular flexibility index (Phi) is 2.88. The number of rotatable bonds is 3. The molecule has 6 nitrogen and oxygen atoms in total. The average molecular weight is 274 g/mol. The smallest absolute Gasteiger partial charge is 0.260 e. The second-order valence-corrected chi connectivity index (χ2v) is 4.47. The third-order valence-corrected chi connectivity index (χ3v) is 3.16. The highest BCUT2D eigenvalue weighted by Gasteiger charge is 2.14. The highest BCUT2D eigenvalue weighted by Crippen LogP contribution is 2.29. The molecule has 0 unspecified atom stereocenters. The summed E-state index contributed by atoms with van der Waals surface area (Å²) in [6.07, 6.45) is 0. The Balaban J connectivity index is 2.03. The quantitative estimate of drug-likeness (QED) is 0.738. The van der Waals surface area contributed by atoms with Crippen LogP contribution in [0, 0.1) is 0 Å². The first kappa shape index (κ1) is 11.7. The molecule has 0 aliphatic heterocycles. The molecule has 0 amide bonds. The van der Waals surface area contributed by atoms with Crippen LogP contribution in [0.4, 0.5) is 5.69 Å². The summed E-state index contributed by atoms with van der Waals surface area (Å²) in [6.45, 7) is 0. The summed E-state index contributed by atoms with van der Waals surface area (Å²) in [5, 5.41) is 5.74. The summed E-state index contributed by atoms with van der Waals surface area (Å²) in [5.74, 6) is 1.47. The van der Waals surface area contributed by atoms with Crippen LogP contribution in [0.15, 0.2) is 33.6 Å². The van der Waals surface area contributed by atoms with Crippen LogP contribution in [-0.4, -0.2) is 22.2 Å². The predicted molar refractivity (Wildman–Crippen MR) is 71.8 cm³/mol. The monoisotopic (exact) mass is 274 g/mol. The number of hydrogen-bond acceptors (Lipinski definition) is 7. The Morgan fingerprint density at radius 1 is 1.37 bits per heavy atom. The zero-order valence-corrected chi connectivity index (χ0v) is 10.8. The number of ether oxygens (including phenoxy) is 1. The summed E-state index contributed by atoms with van der Waals surface area (Å²) >= 11 is 1.47. The van der Waals surface area contributed by atoms with Crippen LogP contribution in [0.1, 0.15) is 0 Å². The lowest BCUT2D eigenvalue weighted by atomic mass is 10.1. The van der Waals surface area contributed by atoms with Gasteiger partial charge in [0.05, 0.1) is 18.2 Å². The Morgan fingerprint density at radius 2 is 2.26 bits per heavy atom. The van der Waals surface area contributed by atoms with Crippen molar-refractivity contribution in [2.75, 3.05) is 12.8 Å². The average Bonchev–Trinajstić information content (AvgIpc) is 3.10. The van der Waals surface area contributed by atoms with Gasteiger partial charge in [0.2, 0.25) is 5.82 Å². The van der Waals surface area contributed by atoms with Gasteiger partial charge in [0.25, 0.3) is 5.89 Å². The van der Waals surface area contributed by atoms with E-state index in [-0.39, 0.29) is 0 Å². The number of nitrogens with zero attached hydrogens (tertiary/aromatic N) is 3. The van der Waals surface area contributed by atoms with E-state index in [4.69, 9.17) is 15.0 Å². The molecule has 3 rings (SSSR count). The molecule has 19 heavy (non-hydrogen) atoms. The van der Waals surface area contributed by atoms with Gasteiger partial charge in [-0.15, -0.1) is 11.3 Å². The maximum absolute atomic E-state index is 5.91. The minimum absolute atomic E-state index is 0.347. The molecular formula is C12H10N4O2S. The molecule has 0 atom stereocenters. The Bertz CT molecular complexity index is 694. The molecule has 2 heterocycles. The maximum Gasteiger partial charge on any atom is 0.260 e. The number of aromatic nitrogens is 3. The van der Waals surface area contributed by atoms with Gasteiger partial charge in [0.1, 0.15) is 11.4 Å². The number of thiazole rings is 1. The molecule has 7 heteroatoms.